The Labute approximate surface area is 135 Å². The molecule has 1 heterocycles. The molecule has 1 aliphatic rings. The average molecular weight is 326 g/mol. The van der Waals surface area contributed by atoms with Gasteiger partial charge >= 0.3 is 0 Å². The number of aliphatic hydroxyl groups excluding tert-OH is 1. The minimum Gasteiger partial charge on any atom is -0.387 e. The molecule has 2 rings (SSSR count). The topological polar surface area (TPSA) is 52.6 Å². The lowest BCUT2D eigenvalue weighted by Crippen LogP contribution is -2.42. The summed E-state index contributed by atoms with van der Waals surface area (Å²) >= 11 is 0. The lowest BCUT2D eigenvalue weighted by atomic mass is 9.95. The van der Waals surface area contributed by atoms with E-state index in [1.165, 1.54) is 6.07 Å². The van der Waals surface area contributed by atoms with Gasteiger partial charge in [-0.3, -0.25) is 4.79 Å². The minimum absolute atomic E-state index is 0.0116. The number of likely N-dealkylation sites (tertiary alicyclic amines) is 1. The van der Waals surface area contributed by atoms with E-state index >= 15 is 0 Å². The number of piperidine rings is 1. The Morgan fingerprint density at radius 2 is 2.09 bits per heavy atom. The van der Waals surface area contributed by atoms with Crippen molar-refractivity contribution in [2.75, 3.05) is 26.2 Å². The molecule has 6 heteroatoms. The van der Waals surface area contributed by atoms with Crippen LogP contribution in [0.5, 0.6) is 0 Å². The van der Waals surface area contributed by atoms with Gasteiger partial charge in [-0.05, 0) is 38.4 Å². The Kier molecular flexibility index (Phi) is 6.47. The summed E-state index contributed by atoms with van der Waals surface area (Å²) in [5.41, 5.74) is 0.106. The summed E-state index contributed by atoms with van der Waals surface area (Å²) in [7, 11) is 0. The fourth-order valence-corrected chi connectivity index (χ4v) is 2.88. The highest BCUT2D eigenvalue weighted by Crippen LogP contribution is 2.23. The number of carbonyl (C=O) groups is 1. The number of rotatable bonds is 6. The van der Waals surface area contributed by atoms with E-state index in [4.69, 9.17) is 0 Å². The van der Waals surface area contributed by atoms with Crippen molar-refractivity contribution < 1.29 is 18.7 Å². The first-order valence-electron chi connectivity index (χ1n) is 8.14. The van der Waals surface area contributed by atoms with Crippen LogP contribution in [0.4, 0.5) is 8.78 Å². The van der Waals surface area contributed by atoms with Crippen LogP contribution in [0.1, 0.15) is 37.9 Å². The molecule has 0 bridgehead atoms. The molecular formula is C17H24F2N2O2. The van der Waals surface area contributed by atoms with Gasteiger partial charge in [0.1, 0.15) is 11.6 Å². The number of benzene rings is 1. The fraction of sp³-hybridized carbons (Fsp3) is 0.588. The molecule has 1 fully saturated rings. The Bertz CT molecular complexity index is 531. The van der Waals surface area contributed by atoms with E-state index in [1.54, 1.807) is 0 Å². The van der Waals surface area contributed by atoms with Gasteiger partial charge in [-0.1, -0.05) is 13.0 Å². The molecule has 1 aliphatic heterocycles. The van der Waals surface area contributed by atoms with Gasteiger partial charge < -0.3 is 15.3 Å². The summed E-state index contributed by atoms with van der Waals surface area (Å²) < 4.78 is 26.6. The van der Waals surface area contributed by atoms with E-state index in [9.17, 15) is 18.7 Å². The molecule has 128 valence electrons. The van der Waals surface area contributed by atoms with Crippen LogP contribution in [0.25, 0.3) is 0 Å². The molecule has 1 aromatic rings. The number of carbonyl (C=O) groups excluding carboxylic acids is 1. The van der Waals surface area contributed by atoms with E-state index in [2.05, 4.69) is 5.32 Å². The number of halogens is 2. The Balaban J connectivity index is 1.83. The summed E-state index contributed by atoms with van der Waals surface area (Å²) in [6.45, 7) is 4.36. The molecule has 1 saturated heterocycles. The first-order valence-corrected chi connectivity index (χ1v) is 8.14. The number of hydrogen-bond acceptors (Lipinski definition) is 3. The average Bonchev–Trinajstić information content (AvgIpc) is 2.53. The van der Waals surface area contributed by atoms with Gasteiger partial charge in [-0.25, -0.2) is 8.78 Å². The number of nitrogens with zero attached hydrogens (tertiary/aromatic N) is 1. The highest BCUT2D eigenvalue weighted by atomic mass is 19.1. The SMILES string of the molecule is CCCNC(=O)C1CCN(CC(O)c2ccc(F)cc2F)CC1. The van der Waals surface area contributed by atoms with Crippen LogP contribution < -0.4 is 5.32 Å². The van der Waals surface area contributed by atoms with Crippen LogP contribution in [0.15, 0.2) is 18.2 Å². The smallest absolute Gasteiger partial charge is 0.223 e. The number of β-amino-alcohol motifs (C(OH)–C–C–N with tert-alkyl or cyclic N) is 1. The van der Waals surface area contributed by atoms with Crippen molar-refractivity contribution in [2.45, 2.75) is 32.3 Å². The summed E-state index contributed by atoms with van der Waals surface area (Å²) in [4.78, 5) is 13.9. The lowest BCUT2D eigenvalue weighted by molar-refractivity contribution is -0.126. The summed E-state index contributed by atoms with van der Waals surface area (Å²) in [5.74, 6) is -1.28. The minimum atomic E-state index is -0.999. The number of hydrogen-bond donors (Lipinski definition) is 2. The van der Waals surface area contributed by atoms with E-state index in [1.807, 2.05) is 11.8 Å². The molecule has 0 aliphatic carbocycles. The van der Waals surface area contributed by atoms with Crippen LogP contribution >= 0.6 is 0 Å². The highest BCUT2D eigenvalue weighted by Gasteiger charge is 2.26. The van der Waals surface area contributed by atoms with Crippen LogP contribution in [-0.4, -0.2) is 42.1 Å². The lowest BCUT2D eigenvalue weighted by Gasteiger charge is -2.32. The normalized spacial score (nSPS) is 17.9. The Morgan fingerprint density at radius 3 is 2.70 bits per heavy atom. The van der Waals surface area contributed by atoms with Gasteiger partial charge in [0.25, 0.3) is 0 Å². The zero-order chi connectivity index (χ0) is 16.8. The van der Waals surface area contributed by atoms with Crippen LogP contribution in [0, 0.1) is 17.6 Å². The van der Waals surface area contributed by atoms with Crippen molar-refractivity contribution in [3.63, 3.8) is 0 Å². The Hall–Kier alpha value is -1.53. The number of nitrogens with one attached hydrogen (secondary N) is 1. The van der Waals surface area contributed by atoms with Crippen LogP contribution in [0.3, 0.4) is 0 Å². The maximum Gasteiger partial charge on any atom is 0.223 e. The molecule has 0 saturated carbocycles. The molecule has 1 unspecified atom stereocenters. The quantitative estimate of drug-likeness (QED) is 0.843. The first kappa shape index (κ1) is 17.8. The third kappa shape index (κ3) is 4.97. The second-order valence-electron chi connectivity index (χ2n) is 6.05. The summed E-state index contributed by atoms with van der Waals surface area (Å²) in [6, 6.07) is 3.20. The van der Waals surface area contributed by atoms with Crippen molar-refractivity contribution in [3.05, 3.63) is 35.4 Å². The molecular weight excluding hydrogens is 302 g/mol. The maximum absolute atomic E-state index is 13.7. The molecule has 2 N–H and O–H groups in total. The summed E-state index contributed by atoms with van der Waals surface area (Å²) in [5, 5.41) is 13.1. The van der Waals surface area contributed by atoms with Gasteiger partial charge in [-0.15, -0.1) is 0 Å². The monoisotopic (exact) mass is 326 g/mol. The van der Waals surface area contributed by atoms with Gasteiger partial charge in [0, 0.05) is 30.6 Å². The predicted octanol–water partition coefficient (Wildman–Crippen LogP) is 2.24. The van der Waals surface area contributed by atoms with Crippen molar-refractivity contribution in [1.82, 2.24) is 10.2 Å². The molecule has 0 radical (unpaired) electrons. The Morgan fingerprint density at radius 1 is 1.39 bits per heavy atom. The third-order valence-electron chi connectivity index (χ3n) is 4.26. The summed E-state index contributed by atoms with van der Waals surface area (Å²) in [6.07, 6.45) is 1.38. The van der Waals surface area contributed by atoms with E-state index in [0.29, 0.717) is 19.6 Å². The standard InChI is InChI=1S/C17H24F2N2O2/c1-2-7-20-17(23)12-5-8-21(9-6-12)11-16(22)14-4-3-13(18)10-15(14)19/h3-4,10,12,16,22H,2,5-9,11H2,1H3,(H,20,23). The molecule has 0 spiro atoms. The second kappa shape index (κ2) is 8.36. The van der Waals surface area contributed by atoms with Crippen molar-refractivity contribution in [2.24, 2.45) is 5.92 Å². The molecule has 1 aromatic carbocycles. The molecule has 1 atom stereocenters. The molecule has 23 heavy (non-hydrogen) atoms. The van der Waals surface area contributed by atoms with E-state index in [0.717, 1.165) is 31.4 Å². The van der Waals surface area contributed by atoms with E-state index < -0.39 is 17.7 Å². The van der Waals surface area contributed by atoms with Gasteiger partial charge in [0.2, 0.25) is 5.91 Å². The van der Waals surface area contributed by atoms with Gasteiger partial charge in [0.05, 0.1) is 6.10 Å². The number of aliphatic hydroxyl groups is 1. The largest absolute Gasteiger partial charge is 0.387 e. The second-order valence-corrected chi connectivity index (χ2v) is 6.05. The molecule has 1 amide bonds. The van der Waals surface area contributed by atoms with Gasteiger partial charge in [-0.2, -0.15) is 0 Å². The molecule has 4 nitrogen and oxygen atoms in total. The highest BCUT2D eigenvalue weighted by molar-refractivity contribution is 5.78. The van der Waals surface area contributed by atoms with Crippen LogP contribution in [-0.2, 0) is 4.79 Å². The van der Waals surface area contributed by atoms with Crippen molar-refractivity contribution >= 4 is 5.91 Å². The van der Waals surface area contributed by atoms with Crippen molar-refractivity contribution in [3.8, 4) is 0 Å². The van der Waals surface area contributed by atoms with Crippen LogP contribution in [0.2, 0.25) is 0 Å². The van der Waals surface area contributed by atoms with Crippen molar-refractivity contribution in [1.29, 1.82) is 0 Å². The fourth-order valence-electron chi connectivity index (χ4n) is 2.88. The van der Waals surface area contributed by atoms with E-state index in [-0.39, 0.29) is 23.9 Å². The maximum atomic E-state index is 13.7. The zero-order valence-electron chi connectivity index (χ0n) is 13.4. The first-order chi connectivity index (χ1) is 11.0. The zero-order valence-corrected chi connectivity index (χ0v) is 13.4. The van der Waals surface area contributed by atoms with Gasteiger partial charge in [0.15, 0.2) is 0 Å². The number of amides is 1. The third-order valence-corrected chi connectivity index (χ3v) is 4.26. The molecule has 0 aromatic heterocycles. The predicted molar refractivity (Wildman–Crippen MR) is 83.8 cm³/mol.